The number of fused-ring (bicyclic) bond motifs is 1. The summed E-state index contributed by atoms with van der Waals surface area (Å²) in [6, 6.07) is 16.9. The van der Waals surface area contributed by atoms with E-state index in [1.165, 1.54) is 0 Å². The zero-order chi connectivity index (χ0) is 19.5. The summed E-state index contributed by atoms with van der Waals surface area (Å²) in [7, 11) is 0. The molecule has 0 aliphatic carbocycles. The second-order valence-electron chi connectivity index (χ2n) is 6.19. The molecular weight excluding hydrogens is 422 g/mol. The number of hydrogen-bond donors (Lipinski definition) is 1. The van der Waals surface area contributed by atoms with Crippen molar-refractivity contribution in [3.05, 3.63) is 82.7 Å². The summed E-state index contributed by atoms with van der Waals surface area (Å²) in [5, 5.41) is 14.8. The van der Waals surface area contributed by atoms with Gasteiger partial charge in [-0.1, -0.05) is 34.1 Å². The molecule has 0 saturated carbocycles. The summed E-state index contributed by atoms with van der Waals surface area (Å²) < 4.78 is 8.75. The summed E-state index contributed by atoms with van der Waals surface area (Å²) in [5.41, 5.74) is 3.25. The molecule has 4 aromatic rings. The third-order valence-electron chi connectivity index (χ3n) is 4.30. The Morgan fingerprint density at radius 1 is 1.11 bits per heavy atom. The molecule has 140 valence electrons. The third kappa shape index (κ3) is 3.75. The van der Waals surface area contributed by atoms with Gasteiger partial charge in [-0.3, -0.25) is 9.78 Å². The van der Waals surface area contributed by atoms with E-state index in [-0.39, 0.29) is 13.0 Å². The highest BCUT2D eigenvalue weighted by molar-refractivity contribution is 9.10. The number of pyridine rings is 1. The molecular formula is C21H16BrN3O3. The number of aromatic nitrogens is 3. The molecule has 0 bridgehead atoms. The molecule has 2 aromatic carbocycles. The van der Waals surface area contributed by atoms with Crippen LogP contribution < -0.4 is 4.74 Å². The van der Waals surface area contributed by atoms with Crippen molar-refractivity contribution in [2.45, 2.75) is 13.0 Å². The van der Waals surface area contributed by atoms with E-state index in [1.54, 1.807) is 30.6 Å². The minimum Gasteiger partial charge on any atom is -0.487 e. The predicted molar refractivity (Wildman–Crippen MR) is 109 cm³/mol. The average molecular weight is 438 g/mol. The maximum absolute atomic E-state index is 11.1. The highest BCUT2D eigenvalue weighted by Crippen LogP contribution is 2.27. The summed E-state index contributed by atoms with van der Waals surface area (Å²) in [6.45, 7) is 0.224. The lowest BCUT2D eigenvalue weighted by Crippen LogP contribution is -2.05. The number of hydrogen-bond acceptors (Lipinski definition) is 4. The van der Waals surface area contributed by atoms with Gasteiger partial charge in [-0.15, -0.1) is 0 Å². The van der Waals surface area contributed by atoms with Crippen LogP contribution in [0.4, 0.5) is 0 Å². The minimum atomic E-state index is -0.896. The lowest BCUT2D eigenvalue weighted by molar-refractivity contribution is -0.136. The van der Waals surface area contributed by atoms with E-state index in [4.69, 9.17) is 14.9 Å². The number of halogens is 1. The van der Waals surface area contributed by atoms with Gasteiger partial charge in [-0.25, -0.2) is 4.68 Å². The van der Waals surface area contributed by atoms with Crippen LogP contribution in [0.5, 0.6) is 5.75 Å². The Labute approximate surface area is 169 Å². The van der Waals surface area contributed by atoms with Crippen LogP contribution in [-0.4, -0.2) is 25.8 Å². The highest BCUT2D eigenvalue weighted by atomic mass is 79.9. The Bertz CT molecular complexity index is 1140. The molecule has 0 unspecified atom stereocenters. The highest BCUT2D eigenvalue weighted by Gasteiger charge is 2.14. The van der Waals surface area contributed by atoms with Gasteiger partial charge in [0.1, 0.15) is 18.1 Å². The van der Waals surface area contributed by atoms with Gasteiger partial charge in [-0.05, 0) is 36.4 Å². The standard InChI is InChI=1S/C21H16BrN3O3/c22-15-5-6-19-17(12-15)18(24-25(19)16-7-9-23-10-8-16)13-28-20-4-2-1-3-14(20)11-21(26)27/h1-10,12H,11,13H2,(H,26,27). The van der Waals surface area contributed by atoms with E-state index in [2.05, 4.69) is 20.9 Å². The lowest BCUT2D eigenvalue weighted by atomic mass is 10.1. The van der Waals surface area contributed by atoms with Gasteiger partial charge in [0, 0.05) is 27.8 Å². The number of carboxylic acids is 1. The molecule has 4 rings (SSSR count). The van der Waals surface area contributed by atoms with Crippen LogP contribution in [0.1, 0.15) is 11.3 Å². The number of carbonyl (C=O) groups is 1. The smallest absolute Gasteiger partial charge is 0.307 e. The molecule has 0 spiro atoms. The molecule has 7 heteroatoms. The first-order valence-electron chi connectivity index (χ1n) is 8.62. The van der Waals surface area contributed by atoms with Crippen molar-refractivity contribution in [1.82, 2.24) is 14.8 Å². The van der Waals surface area contributed by atoms with Gasteiger partial charge in [0.25, 0.3) is 0 Å². The molecule has 0 radical (unpaired) electrons. The average Bonchev–Trinajstić information content (AvgIpc) is 3.05. The lowest BCUT2D eigenvalue weighted by Gasteiger charge is -2.09. The fraction of sp³-hybridized carbons (Fsp3) is 0.0952. The fourth-order valence-corrected chi connectivity index (χ4v) is 3.40. The minimum absolute atomic E-state index is 0.0894. The summed E-state index contributed by atoms with van der Waals surface area (Å²) >= 11 is 3.51. The van der Waals surface area contributed by atoms with Crippen molar-refractivity contribution < 1.29 is 14.6 Å². The maximum atomic E-state index is 11.1. The first kappa shape index (κ1) is 18.2. The van der Waals surface area contributed by atoms with E-state index in [0.29, 0.717) is 11.3 Å². The van der Waals surface area contributed by atoms with Gasteiger partial charge in [0.15, 0.2) is 0 Å². The first-order chi connectivity index (χ1) is 13.6. The van der Waals surface area contributed by atoms with Crippen molar-refractivity contribution in [3.63, 3.8) is 0 Å². The van der Waals surface area contributed by atoms with Crippen LogP contribution in [0, 0.1) is 0 Å². The number of para-hydroxylation sites is 1. The van der Waals surface area contributed by atoms with E-state index < -0.39 is 5.97 Å². The number of rotatable bonds is 6. The number of aliphatic carboxylic acids is 1. The van der Waals surface area contributed by atoms with Crippen LogP contribution in [-0.2, 0) is 17.8 Å². The Morgan fingerprint density at radius 3 is 2.68 bits per heavy atom. The zero-order valence-corrected chi connectivity index (χ0v) is 16.3. The van der Waals surface area contributed by atoms with Gasteiger partial charge >= 0.3 is 5.97 Å². The number of ether oxygens (including phenoxy) is 1. The molecule has 0 amide bonds. The van der Waals surface area contributed by atoms with Crippen LogP contribution in [0.25, 0.3) is 16.6 Å². The van der Waals surface area contributed by atoms with Crippen molar-refractivity contribution in [1.29, 1.82) is 0 Å². The van der Waals surface area contributed by atoms with Crippen molar-refractivity contribution in [3.8, 4) is 11.4 Å². The normalized spacial score (nSPS) is 10.9. The summed E-state index contributed by atoms with van der Waals surface area (Å²) in [5.74, 6) is -0.348. The van der Waals surface area contributed by atoms with Crippen molar-refractivity contribution >= 4 is 32.8 Å². The van der Waals surface area contributed by atoms with Crippen molar-refractivity contribution in [2.75, 3.05) is 0 Å². The first-order valence-corrected chi connectivity index (χ1v) is 9.41. The predicted octanol–water partition coefficient (Wildman–Crippen LogP) is 4.39. The molecule has 0 aliphatic rings. The molecule has 0 aliphatic heterocycles. The SMILES string of the molecule is O=C(O)Cc1ccccc1OCc1nn(-c2ccncc2)c2ccc(Br)cc12. The van der Waals surface area contributed by atoms with Crippen LogP contribution >= 0.6 is 15.9 Å². The van der Waals surface area contributed by atoms with Gasteiger partial charge < -0.3 is 9.84 Å². The molecule has 0 saturated heterocycles. The summed E-state index contributed by atoms with van der Waals surface area (Å²) in [4.78, 5) is 15.1. The number of nitrogens with zero attached hydrogens (tertiary/aromatic N) is 3. The van der Waals surface area contributed by atoms with Gasteiger partial charge in [0.2, 0.25) is 0 Å². The van der Waals surface area contributed by atoms with Gasteiger partial charge in [0.05, 0.1) is 17.6 Å². The zero-order valence-electron chi connectivity index (χ0n) is 14.7. The maximum Gasteiger partial charge on any atom is 0.307 e. The Hall–Kier alpha value is -3.19. The molecule has 2 aromatic heterocycles. The monoisotopic (exact) mass is 437 g/mol. The summed E-state index contributed by atoms with van der Waals surface area (Å²) in [6.07, 6.45) is 3.36. The fourth-order valence-electron chi connectivity index (χ4n) is 3.04. The molecule has 2 heterocycles. The number of benzene rings is 2. The van der Waals surface area contributed by atoms with Crippen LogP contribution in [0.3, 0.4) is 0 Å². The van der Waals surface area contributed by atoms with E-state index in [1.807, 2.05) is 41.1 Å². The second-order valence-corrected chi connectivity index (χ2v) is 7.11. The molecule has 1 N–H and O–H groups in total. The molecule has 0 fully saturated rings. The third-order valence-corrected chi connectivity index (χ3v) is 4.80. The van der Waals surface area contributed by atoms with Crippen LogP contribution in [0.15, 0.2) is 71.5 Å². The Kier molecular flexibility index (Phi) is 5.08. The quantitative estimate of drug-likeness (QED) is 0.483. The Balaban J connectivity index is 1.70. The second kappa shape index (κ2) is 7.82. The number of carboxylic acid groups (broad SMARTS) is 1. The molecule has 28 heavy (non-hydrogen) atoms. The topological polar surface area (TPSA) is 77.2 Å². The van der Waals surface area contributed by atoms with E-state index >= 15 is 0 Å². The van der Waals surface area contributed by atoms with E-state index in [9.17, 15) is 4.79 Å². The van der Waals surface area contributed by atoms with Gasteiger partial charge in [-0.2, -0.15) is 5.10 Å². The van der Waals surface area contributed by atoms with Crippen LogP contribution in [0.2, 0.25) is 0 Å². The van der Waals surface area contributed by atoms with E-state index in [0.717, 1.165) is 26.8 Å². The largest absolute Gasteiger partial charge is 0.487 e. The molecule has 6 nitrogen and oxygen atoms in total. The Morgan fingerprint density at radius 2 is 1.89 bits per heavy atom. The van der Waals surface area contributed by atoms with Crippen molar-refractivity contribution in [2.24, 2.45) is 0 Å². The molecule has 0 atom stereocenters.